The summed E-state index contributed by atoms with van der Waals surface area (Å²) in [6, 6.07) is 0. The lowest BCUT2D eigenvalue weighted by Gasteiger charge is -2.65. The summed E-state index contributed by atoms with van der Waals surface area (Å²) < 4.78 is 30.8. The van der Waals surface area contributed by atoms with Crippen molar-refractivity contribution < 1.29 is 33.1 Å². The Morgan fingerprint density at radius 1 is 1.03 bits per heavy atom. The fourth-order valence-electron chi connectivity index (χ4n) is 10.2. The van der Waals surface area contributed by atoms with Crippen molar-refractivity contribution in [3.63, 3.8) is 0 Å². The Hall–Kier alpha value is -0.740. The standard InChI is InChI=1S/C29H51NO7S/c1-6-19-22-14-18(31)9-10-28(22,4)23-15-24(32)29(5)20(7-8-21(29)25(23)26(19)33)16(2)13-17(3)27(34)30-11-12-38(35,36)37/h16-26,31-33H,6-15H2,1-5H3,(H,30,34)(H,35,36,37)/t16-,17+,18+,19+,20+,21?,22-,23?,24-,25?,26-,28-,29+/m0/s1. The largest absolute Gasteiger partial charge is 0.393 e. The summed E-state index contributed by atoms with van der Waals surface area (Å²) in [6.07, 6.45) is 5.43. The van der Waals surface area contributed by atoms with E-state index in [-0.39, 0.29) is 76.7 Å². The Kier molecular flexibility index (Phi) is 8.68. The SMILES string of the molecule is CC[C@H]1[C@H](O)C2C3CC[C@H]([C@@H](C)C[C@@H](C)C(=O)NCCS(=O)(=O)O)[C@@]3(C)[C@@H](O)CC2[C@@]2(C)CC[C@@H](O)C[C@@H]12. The topological polar surface area (TPSA) is 144 Å². The highest BCUT2D eigenvalue weighted by Crippen LogP contribution is 2.69. The van der Waals surface area contributed by atoms with Crippen LogP contribution < -0.4 is 5.32 Å². The molecule has 0 saturated heterocycles. The summed E-state index contributed by atoms with van der Waals surface area (Å²) in [6.45, 7) is 10.6. The number of hydrogen-bond donors (Lipinski definition) is 5. The van der Waals surface area contributed by atoms with E-state index in [9.17, 15) is 28.5 Å². The molecule has 1 amide bonds. The van der Waals surface area contributed by atoms with Crippen LogP contribution in [0.25, 0.3) is 0 Å². The molecule has 0 aromatic rings. The van der Waals surface area contributed by atoms with E-state index in [0.29, 0.717) is 12.8 Å². The molecule has 0 radical (unpaired) electrons. The van der Waals surface area contributed by atoms with E-state index in [2.05, 4.69) is 33.0 Å². The smallest absolute Gasteiger partial charge is 0.266 e. The molecule has 0 aliphatic heterocycles. The van der Waals surface area contributed by atoms with Crippen molar-refractivity contribution in [2.75, 3.05) is 12.3 Å². The Balaban J connectivity index is 1.51. The number of fused-ring (bicyclic) bond motifs is 5. The number of hydrogen-bond acceptors (Lipinski definition) is 6. The van der Waals surface area contributed by atoms with Gasteiger partial charge in [-0.25, -0.2) is 0 Å². The van der Waals surface area contributed by atoms with Gasteiger partial charge in [-0.1, -0.05) is 41.0 Å². The summed E-state index contributed by atoms with van der Waals surface area (Å²) >= 11 is 0. The highest BCUT2D eigenvalue weighted by molar-refractivity contribution is 7.85. The third-order valence-corrected chi connectivity index (χ3v) is 12.8. The molecule has 0 bridgehead atoms. The fraction of sp³-hybridized carbons (Fsp3) is 0.966. The number of rotatable bonds is 8. The first-order valence-electron chi connectivity index (χ1n) is 14.9. The molecule has 5 N–H and O–H groups in total. The van der Waals surface area contributed by atoms with E-state index in [4.69, 9.17) is 4.55 Å². The lowest BCUT2D eigenvalue weighted by molar-refractivity contribution is -0.228. The Labute approximate surface area is 229 Å². The molecular weight excluding hydrogens is 506 g/mol. The average Bonchev–Trinajstić information content (AvgIpc) is 3.19. The lowest BCUT2D eigenvalue weighted by Crippen LogP contribution is -2.65. The van der Waals surface area contributed by atoms with E-state index in [1.807, 2.05) is 6.92 Å². The number of aliphatic hydroxyl groups is 3. The zero-order valence-electron chi connectivity index (χ0n) is 23.8. The maximum Gasteiger partial charge on any atom is 0.266 e. The first kappa shape index (κ1) is 30.2. The normalized spacial score (nSPS) is 46.4. The van der Waals surface area contributed by atoms with E-state index in [0.717, 1.165) is 38.5 Å². The van der Waals surface area contributed by atoms with Crippen molar-refractivity contribution in [2.24, 2.45) is 58.2 Å². The number of nitrogens with one attached hydrogen (secondary N) is 1. The molecule has 220 valence electrons. The summed E-state index contributed by atoms with van der Waals surface area (Å²) in [5.41, 5.74) is -0.317. The minimum Gasteiger partial charge on any atom is -0.393 e. The zero-order chi connectivity index (χ0) is 28.2. The highest BCUT2D eigenvalue weighted by Gasteiger charge is 2.67. The lowest BCUT2D eigenvalue weighted by atomic mass is 9.41. The second-order valence-electron chi connectivity index (χ2n) is 13.9. The van der Waals surface area contributed by atoms with E-state index in [1.54, 1.807) is 0 Å². The Morgan fingerprint density at radius 3 is 2.34 bits per heavy atom. The molecule has 9 heteroatoms. The molecule has 4 fully saturated rings. The predicted octanol–water partition coefficient (Wildman–Crippen LogP) is 3.25. The van der Waals surface area contributed by atoms with Gasteiger partial charge in [0.2, 0.25) is 5.91 Å². The zero-order valence-corrected chi connectivity index (χ0v) is 24.7. The van der Waals surface area contributed by atoms with Gasteiger partial charge in [-0.05, 0) is 97.2 Å². The number of carbonyl (C=O) groups is 1. The number of aliphatic hydroxyl groups excluding tert-OH is 3. The van der Waals surface area contributed by atoms with Crippen LogP contribution in [0.15, 0.2) is 0 Å². The highest BCUT2D eigenvalue weighted by atomic mass is 32.2. The van der Waals surface area contributed by atoms with Crippen LogP contribution in [0, 0.1) is 58.2 Å². The third kappa shape index (κ3) is 5.19. The van der Waals surface area contributed by atoms with Gasteiger partial charge in [0.25, 0.3) is 10.1 Å². The molecule has 0 spiro atoms. The molecule has 3 unspecified atom stereocenters. The van der Waals surface area contributed by atoms with Gasteiger partial charge in [0.1, 0.15) is 0 Å². The molecule has 13 atom stereocenters. The molecule has 8 nitrogen and oxygen atoms in total. The van der Waals surface area contributed by atoms with Crippen molar-refractivity contribution in [2.45, 2.75) is 104 Å². The second-order valence-corrected chi connectivity index (χ2v) is 15.5. The van der Waals surface area contributed by atoms with Crippen LogP contribution in [-0.4, -0.2) is 64.8 Å². The number of carbonyl (C=O) groups excluding carboxylic acids is 1. The minimum atomic E-state index is -4.12. The Morgan fingerprint density at radius 2 is 1.71 bits per heavy atom. The third-order valence-electron chi connectivity index (χ3n) is 12.1. The quantitative estimate of drug-likeness (QED) is 0.288. The molecular formula is C29H51NO7S. The van der Waals surface area contributed by atoms with Crippen LogP contribution in [-0.2, 0) is 14.9 Å². The van der Waals surface area contributed by atoms with Crippen LogP contribution in [0.2, 0.25) is 0 Å². The van der Waals surface area contributed by atoms with Crippen molar-refractivity contribution in [1.82, 2.24) is 5.32 Å². The molecule has 0 aromatic carbocycles. The van der Waals surface area contributed by atoms with Crippen molar-refractivity contribution in [3.8, 4) is 0 Å². The second kappa shape index (κ2) is 10.9. The first-order valence-corrected chi connectivity index (χ1v) is 16.5. The number of amides is 1. The summed E-state index contributed by atoms with van der Waals surface area (Å²) in [5, 5.41) is 36.8. The van der Waals surface area contributed by atoms with E-state index in [1.165, 1.54) is 0 Å². The molecule has 4 rings (SSSR count). The minimum absolute atomic E-state index is 0.0183. The average molecular weight is 558 g/mol. The van der Waals surface area contributed by atoms with Crippen molar-refractivity contribution in [1.29, 1.82) is 0 Å². The molecule has 0 heterocycles. The molecule has 38 heavy (non-hydrogen) atoms. The van der Waals surface area contributed by atoms with Gasteiger partial charge in [0.15, 0.2) is 0 Å². The van der Waals surface area contributed by atoms with Gasteiger partial charge >= 0.3 is 0 Å². The van der Waals surface area contributed by atoms with Gasteiger partial charge in [-0.3, -0.25) is 9.35 Å². The monoisotopic (exact) mass is 557 g/mol. The molecule has 4 aliphatic carbocycles. The summed E-state index contributed by atoms with van der Waals surface area (Å²) in [7, 11) is -4.12. The summed E-state index contributed by atoms with van der Waals surface area (Å²) in [4.78, 5) is 12.6. The van der Waals surface area contributed by atoms with Crippen LogP contribution in [0.5, 0.6) is 0 Å². The molecule has 4 saturated carbocycles. The predicted molar refractivity (Wildman–Crippen MR) is 146 cm³/mol. The van der Waals surface area contributed by atoms with Crippen LogP contribution in [0.1, 0.15) is 86.0 Å². The van der Waals surface area contributed by atoms with Gasteiger partial charge in [0, 0.05) is 12.5 Å². The molecule has 4 aliphatic rings. The van der Waals surface area contributed by atoms with Crippen LogP contribution >= 0.6 is 0 Å². The fourth-order valence-corrected chi connectivity index (χ4v) is 10.6. The van der Waals surface area contributed by atoms with Gasteiger partial charge in [-0.2, -0.15) is 8.42 Å². The summed E-state index contributed by atoms with van der Waals surface area (Å²) in [5.74, 6) is 0.401. The van der Waals surface area contributed by atoms with Crippen LogP contribution in [0.3, 0.4) is 0 Å². The van der Waals surface area contributed by atoms with Gasteiger partial charge < -0.3 is 20.6 Å². The van der Waals surface area contributed by atoms with E-state index >= 15 is 0 Å². The first-order chi connectivity index (χ1) is 17.6. The van der Waals surface area contributed by atoms with Crippen LogP contribution in [0.4, 0.5) is 0 Å². The van der Waals surface area contributed by atoms with E-state index < -0.39 is 28.1 Å². The molecule has 0 aromatic heterocycles. The van der Waals surface area contributed by atoms with Crippen molar-refractivity contribution >= 4 is 16.0 Å². The van der Waals surface area contributed by atoms with Gasteiger partial charge in [-0.15, -0.1) is 0 Å². The maximum absolute atomic E-state index is 12.6. The van der Waals surface area contributed by atoms with Gasteiger partial charge in [0.05, 0.1) is 24.1 Å². The Bertz CT molecular complexity index is 974. The van der Waals surface area contributed by atoms with Crippen molar-refractivity contribution in [3.05, 3.63) is 0 Å². The maximum atomic E-state index is 12.6.